The molecule has 2 unspecified atom stereocenters. The maximum atomic E-state index is 6.13. The molecule has 0 aromatic heterocycles. The lowest BCUT2D eigenvalue weighted by atomic mass is 9.94. The predicted octanol–water partition coefficient (Wildman–Crippen LogP) is 3.02. The Bertz CT molecular complexity index is 626. The summed E-state index contributed by atoms with van der Waals surface area (Å²) in [5.74, 6) is 1.54. The maximum Gasteiger partial charge on any atom is 0.123 e. The molecule has 0 amide bonds. The van der Waals surface area contributed by atoms with Crippen LogP contribution in [-0.4, -0.2) is 31.1 Å². The van der Waals surface area contributed by atoms with Crippen LogP contribution in [0.2, 0.25) is 0 Å². The van der Waals surface area contributed by atoms with Gasteiger partial charge in [-0.05, 0) is 35.7 Å². The topological polar surface area (TPSA) is 38.5 Å². The van der Waals surface area contributed by atoms with Crippen molar-refractivity contribution >= 4 is 10.8 Å². The molecule has 112 valence electrons. The number of nitrogens with zero attached hydrogens (tertiary/aromatic N) is 1. The number of rotatable bonds is 3. The van der Waals surface area contributed by atoms with Gasteiger partial charge in [-0.15, -0.1) is 0 Å². The minimum absolute atomic E-state index is 0.343. The highest BCUT2D eigenvalue weighted by Gasteiger charge is 2.24. The molecule has 1 aliphatic rings. The van der Waals surface area contributed by atoms with E-state index in [1.165, 1.54) is 16.3 Å². The predicted molar refractivity (Wildman–Crippen MR) is 87.5 cm³/mol. The van der Waals surface area contributed by atoms with Crippen molar-refractivity contribution in [2.45, 2.75) is 25.9 Å². The first-order chi connectivity index (χ1) is 10.2. The summed E-state index contributed by atoms with van der Waals surface area (Å²) in [5.41, 5.74) is 7.42. The number of likely N-dealkylation sites (tertiary alicyclic amines) is 1. The first kappa shape index (κ1) is 14.4. The van der Waals surface area contributed by atoms with Crippen LogP contribution in [0.15, 0.2) is 36.4 Å². The minimum Gasteiger partial charge on any atom is -0.496 e. The molecular formula is C18H24N2O. The largest absolute Gasteiger partial charge is 0.496 e. The average Bonchev–Trinajstić information content (AvgIpc) is 2.51. The summed E-state index contributed by atoms with van der Waals surface area (Å²) in [5, 5.41) is 2.56. The molecule has 1 aliphatic heterocycles. The van der Waals surface area contributed by atoms with Crippen molar-refractivity contribution < 1.29 is 4.74 Å². The molecule has 2 aromatic rings. The third-order valence-electron chi connectivity index (χ3n) is 4.65. The number of nitrogens with two attached hydrogens (primary N) is 1. The quantitative estimate of drug-likeness (QED) is 0.941. The summed E-state index contributed by atoms with van der Waals surface area (Å²) < 4.78 is 5.59. The Balaban J connectivity index is 1.92. The molecule has 3 nitrogen and oxygen atoms in total. The van der Waals surface area contributed by atoms with Crippen molar-refractivity contribution in [3.63, 3.8) is 0 Å². The molecular weight excluding hydrogens is 260 g/mol. The standard InChI is InChI=1S/C18H24N2O/c1-13-11-20(10-9-17(13)19)12-16-15-6-4-3-5-14(15)7-8-18(16)21-2/h3-8,13,17H,9-12,19H2,1-2H3. The smallest absolute Gasteiger partial charge is 0.123 e. The molecule has 1 fully saturated rings. The van der Waals surface area contributed by atoms with Crippen LogP contribution in [0.25, 0.3) is 10.8 Å². The first-order valence-corrected chi connectivity index (χ1v) is 7.71. The summed E-state index contributed by atoms with van der Waals surface area (Å²) in [6.45, 7) is 5.31. The molecule has 0 saturated carbocycles. The highest BCUT2D eigenvalue weighted by molar-refractivity contribution is 5.87. The van der Waals surface area contributed by atoms with Gasteiger partial charge in [-0.25, -0.2) is 0 Å². The number of ether oxygens (including phenoxy) is 1. The molecule has 3 rings (SSSR count). The Morgan fingerprint density at radius 1 is 1.24 bits per heavy atom. The second kappa shape index (κ2) is 6.04. The Hall–Kier alpha value is -1.58. The number of benzene rings is 2. The molecule has 0 bridgehead atoms. The molecule has 1 saturated heterocycles. The number of hydrogen-bond acceptors (Lipinski definition) is 3. The van der Waals surface area contributed by atoms with Gasteiger partial charge in [0.15, 0.2) is 0 Å². The Morgan fingerprint density at radius 2 is 2.05 bits per heavy atom. The van der Waals surface area contributed by atoms with E-state index in [9.17, 15) is 0 Å². The van der Waals surface area contributed by atoms with Crippen LogP contribution in [0.4, 0.5) is 0 Å². The Labute approximate surface area is 126 Å². The van der Waals surface area contributed by atoms with Gasteiger partial charge in [-0.2, -0.15) is 0 Å². The molecule has 21 heavy (non-hydrogen) atoms. The zero-order chi connectivity index (χ0) is 14.8. The second-order valence-electron chi connectivity index (χ2n) is 6.13. The van der Waals surface area contributed by atoms with Crippen LogP contribution in [0.3, 0.4) is 0 Å². The molecule has 2 aromatic carbocycles. The molecule has 1 heterocycles. The SMILES string of the molecule is COc1ccc2ccccc2c1CN1CCC(N)C(C)C1. The molecule has 0 aliphatic carbocycles. The molecule has 0 spiro atoms. The summed E-state index contributed by atoms with van der Waals surface area (Å²) in [6, 6.07) is 13.1. The van der Waals surface area contributed by atoms with E-state index in [1.54, 1.807) is 7.11 Å². The summed E-state index contributed by atoms with van der Waals surface area (Å²) >= 11 is 0. The van der Waals surface area contributed by atoms with Gasteiger partial charge in [0.25, 0.3) is 0 Å². The van der Waals surface area contributed by atoms with Crippen LogP contribution >= 0.6 is 0 Å². The van der Waals surface area contributed by atoms with Crippen molar-refractivity contribution in [2.75, 3.05) is 20.2 Å². The van der Waals surface area contributed by atoms with Crippen LogP contribution in [0, 0.1) is 5.92 Å². The van der Waals surface area contributed by atoms with Crippen molar-refractivity contribution in [1.82, 2.24) is 4.90 Å². The van der Waals surface area contributed by atoms with E-state index < -0.39 is 0 Å². The molecule has 3 heteroatoms. The maximum absolute atomic E-state index is 6.13. The lowest BCUT2D eigenvalue weighted by molar-refractivity contribution is 0.157. The zero-order valence-corrected chi connectivity index (χ0v) is 12.9. The van der Waals surface area contributed by atoms with E-state index in [0.717, 1.165) is 31.8 Å². The molecule has 2 N–H and O–H groups in total. The van der Waals surface area contributed by atoms with Crippen LogP contribution < -0.4 is 10.5 Å². The van der Waals surface area contributed by atoms with Gasteiger partial charge >= 0.3 is 0 Å². The van der Waals surface area contributed by atoms with E-state index in [2.05, 4.69) is 48.2 Å². The van der Waals surface area contributed by atoms with Crippen LogP contribution in [0.5, 0.6) is 5.75 Å². The van der Waals surface area contributed by atoms with Gasteiger partial charge < -0.3 is 10.5 Å². The van der Waals surface area contributed by atoms with Gasteiger partial charge in [0.2, 0.25) is 0 Å². The fraction of sp³-hybridized carbons (Fsp3) is 0.444. The number of piperidine rings is 1. The van der Waals surface area contributed by atoms with Crippen molar-refractivity contribution in [2.24, 2.45) is 11.7 Å². The zero-order valence-electron chi connectivity index (χ0n) is 12.9. The van der Waals surface area contributed by atoms with Gasteiger partial charge in [-0.3, -0.25) is 4.90 Å². The number of methoxy groups -OCH3 is 1. The van der Waals surface area contributed by atoms with E-state index in [1.807, 2.05) is 0 Å². The molecule has 2 atom stereocenters. The second-order valence-corrected chi connectivity index (χ2v) is 6.13. The average molecular weight is 284 g/mol. The fourth-order valence-electron chi connectivity index (χ4n) is 3.29. The summed E-state index contributed by atoms with van der Waals surface area (Å²) in [4.78, 5) is 2.50. The van der Waals surface area contributed by atoms with Crippen LogP contribution in [0.1, 0.15) is 18.9 Å². The highest BCUT2D eigenvalue weighted by Crippen LogP contribution is 2.30. The number of hydrogen-bond donors (Lipinski definition) is 1. The monoisotopic (exact) mass is 284 g/mol. The highest BCUT2D eigenvalue weighted by atomic mass is 16.5. The Morgan fingerprint density at radius 3 is 2.81 bits per heavy atom. The van der Waals surface area contributed by atoms with Gasteiger partial charge in [-0.1, -0.05) is 37.3 Å². The van der Waals surface area contributed by atoms with Crippen molar-refractivity contribution in [1.29, 1.82) is 0 Å². The molecule has 0 radical (unpaired) electrons. The van der Waals surface area contributed by atoms with Gasteiger partial charge in [0, 0.05) is 24.7 Å². The minimum atomic E-state index is 0.343. The fourth-order valence-corrected chi connectivity index (χ4v) is 3.29. The van der Waals surface area contributed by atoms with Crippen molar-refractivity contribution in [3.05, 3.63) is 42.0 Å². The third-order valence-corrected chi connectivity index (χ3v) is 4.65. The van der Waals surface area contributed by atoms with Crippen LogP contribution in [-0.2, 0) is 6.54 Å². The van der Waals surface area contributed by atoms with E-state index in [4.69, 9.17) is 10.5 Å². The van der Waals surface area contributed by atoms with E-state index in [0.29, 0.717) is 12.0 Å². The van der Waals surface area contributed by atoms with Gasteiger partial charge in [0.05, 0.1) is 7.11 Å². The normalized spacial score (nSPS) is 23.4. The third kappa shape index (κ3) is 2.89. The number of fused-ring (bicyclic) bond motifs is 1. The van der Waals surface area contributed by atoms with Crippen molar-refractivity contribution in [3.8, 4) is 5.75 Å². The summed E-state index contributed by atoms with van der Waals surface area (Å²) in [7, 11) is 1.75. The van der Waals surface area contributed by atoms with Gasteiger partial charge in [0.1, 0.15) is 5.75 Å². The summed E-state index contributed by atoms with van der Waals surface area (Å²) in [6.07, 6.45) is 1.08. The first-order valence-electron chi connectivity index (χ1n) is 7.71. The van der Waals surface area contributed by atoms with E-state index in [-0.39, 0.29) is 0 Å². The lowest BCUT2D eigenvalue weighted by Gasteiger charge is -2.35. The van der Waals surface area contributed by atoms with E-state index >= 15 is 0 Å². The lowest BCUT2D eigenvalue weighted by Crippen LogP contribution is -2.45. The Kier molecular flexibility index (Phi) is 4.13.